The Kier molecular flexibility index (Phi) is 4.65. The minimum Gasteiger partial charge on any atom is -0.394 e. The summed E-state index contributed by atoms with van der Waals surface area (Å²) in [7, 11) is 0. The summed E-state index contributed by atoms with van der Waals surface area (Å²) < 4.78 is 0. The van der Waals surface area contributed by atoms with Crippen molar-refractivity contribution < 1.29 is 9.90 Å². The predicted molar refractivity (Wildman–Crippen MR) is 75.2 cm³/mol. The zero-order chi connectivity index (χ0) is 13.7. The number of nitrogens with zero attached hydrogens (tertiary/aromatic N) is 1. The number of aryl methyl sites for hydroxylation is 1. The number of thiazole rings is 1. The Bertz CT molecular complexity index is 523. The molecular formula is C14H16N2O2S. The molecule has 0 saturated carbocycles. The first kappa shape index (κ1) is 13.7. The van der Waals surface area contributed by atoms with Gasteiger partial charge >= 0.3 is 0 Å². The molecule has 19 heavy (non-hydrogen) atoms. The summed E-state index contributed by atoms with van der Waals surface area (Å²) in [5.74, 6) is -0.264. The fourth-order valence-corrected chi connectivity index (χ4v) is 2.31. The fourth-order valence-electron chi connectivity index (χ4n) is 1.78. The standard InChI is InChI=1S/C14H16N2O2S/c1-2-10-3-5-11(6-4-10)12(7-17)16-14(18)13-8-19-9-15-13/h3-6,8-9,12,17H,2,7H2,1H3,(H,16,18). The summed E-state index contributed by atoms with van der Waals surface area (Å²) in [6.45, 7) is 1.95. The van der Waals surface area contributed by atoms with Crippen molar-refractivity contribution in [2.24, 2.45) is 0 Å². The molecule has 2 N–H and O–H groups in total. The number of hydrogen-bond acceptors (Lipinski definition) is 4. The molecule has 5 heteroatoms. The lowest BCUT2D eigenvalue weighted by atomic mass is 10.0. The molecule has 1 aromatic heterocycles. The van der Waals surface area contributed by atoms with Gasteiger partial charge in [0, 0.05) is 5.38 Å². The molecule has 1 atom stereocenters. The van der Waals surface area contributed by atoms with E-state index in [1.165, 1.54) is 16.9 Å². The van der Waals surface area contributed by atoms with E-state index in [0.717, 1.165) is 12.0 Å². The van der Waals surface area contributed by atoms with E-state index in [4.69, 9.17) is 0 Å². The Morgan fingerprint density at radius 1 is 1.42 bits per heavy atom. The third kappa shape index (κ3) is 3.39. The van der Waals surface area contributed by atoms with Gasteiger partial charge in [-0.05, 0) is 17.5 Å². The van der Waals surface area contributed by atoms with Crippen LogP contribution >= 0.6 is 11.3 Å². The molecule has 1 aromatic carbocycles. The summed E-state index contributed by atoms with van der Waals surface area (Å²) in [5, 5.41) is 13.9. The maximum absolute atomic E-state index is 11.9. The molecule has 0 bridgehead atoms. The van der Waals surface area contributed by atoms with Gasteiger partial charge in [0.1, 0.15) is 5.69 Å². The summed E-state index contributed by atoms with van der Waals surface area (Å²) in [6.07, 6.45) is 0.968. The van der Waals surface area contributed by atoms with Crippen LogP contribution in [0.3, 0.4) is 0 Å². The van der Waals surface area contributed by atoms with Gasteiger partial charge in [-0.25, -0.2) is 4.98 Å². The third-order valence-corrected chi connectivity index (χ3v) is 3.53. The average Bonchev–Trinajstić information content (AvgIpc) is 2.99. The Balaban J connectivity index is 2.09. The second kappa shape index (κ2) is 6.45. The first-order valence-electron chi connectivity index (χ1n) is 6.13. The van der Waals surface area contributed by atoms with Gasteiger partial charge in [-0.3, -0.25) is 4.79 Å². The maximum atomic E-state index is 11.9. The molecule has 0 aliphatic carbocycles. The SMILES string of the molecule is CCc1ccc(C(CO)NC(=O)c2cscn2)cc1. The largest absolute Gasteiger partial charge is 0.394 e. The minimum absolute atomic E-state index is 0.138. The van der Waals surface area contributed by atoms with Crippen molar-refractivity contribution in [3.8, 4) is 0 Å². The van der Waals surface area contributed by atoms with E-state index in [9.17, 15) is 9.90 Å². The highest BCUT2D eigenvalue weighted by molar-refractivity contribution is 7.07. The molecule has 0 radical (unpaired) electrons. The van der Waals surface area contributed by atoms with Crippen LogP contribution in [0, 0.1) is 0 Å². The van der Waals surface area contributed by atoms with Crippen LogP contribution in [0.1, 0.15) is 34.6 Å². The number of carbonyl (C=O) groups is 1. The van der Waals surface area contributed by atoms with Gasteiger partial charge in [0.25, 0.3) is 5.91 Å². The summed E-state index contributed by atoms with van der Waals surface area (Å²) in [4.78, 5) is 15.8. The van der Waals surface area contributed by atoms with Crippen LogP contribution in [0.4, 0.5) is 0 Å². The topological polar surface area (TPSA) is 62.2 Å². The van der Waals surface area contributed by atoms with Gasteiger partial charge in [0.15, 0.2) is 0 Å². The van der Waals surface area contributed by atoms with Crippen molar-refractivity contribution in [2.45, 2.75) is 19.4 Å². The number of aliphatic hydroxyl groups is 1. The highest BCUT2D eigenvalue weighted by Crippen LogP contribution is 2.15. The van der Waals surface area contributed by atoms with Crippen LogP contribution in [0.25, 0.3) is 0 Å². The van der Waals surface area contributed by atoms with E-state index in [1.807, 2.05) is 24.3 Å². The number of hydrogen-bond donors (Lipinski definition) is 2. The number of nitrogens with one attached hydrogen (secondary N) is 1. The van der Waals surface area contributed by atoms with Crippen LogP contribution in [0.15, 0.2) is 35.2 Å². The molecule has 2 rings (SSSR count). The minimum atomic E-state index is -0.403. The Morgan fingerprint density at radius 3 is 2.68 bits per heavy atom. The van der Waals surface area contributed by atoms with Crippen LogP contribution in [0.5, 0.6) is 0 Å². The van der Waals surface area contributed by atoms with Gasteiger partial charge in [-0.15, -0.1) is 11.3 Å². The van der Waals surface area contributed by atoms with E-state index in [1.54, 1.807) is 10.9 Å². The molecule has 0 spiro atoms. The van der Waals surface area contributed by atoms with Gasteiger partial charge in [0.05, 0.1) is 18.2 Å². The van der Waals surface area contributed by atoms with Crippen LogP contribution in [-0.4, -0.2) is 22.6 Å². The number of rotatable bonds is 5. The number of amides is 1. The zero-order valence-corrected chi connectivity index (χ0v) is 11.5. The Morgan fingerprint density at radius 2 is 2.16 bits per heavy atom. The summed E-state index contributed by atoms with van der Waals surface area (Å²) in [6, 6.07) is 7.47. The van der Waals surface area contributed by atoms with Crippen molar-refractivity contribution in [1.29, 1.82) is 0 Å². The van der Waals surface area contributed by atoms with Gasteiger partial charge < -0.3 is 10.4 Å². The molecule has 4 nitrogen and oxygen atoms in total. The van der Waals surface area contributed by atoms with Crippen molar-refractivity contribution in [1.82, 2.24) is 10.3 Å². The van der Waals surface area contributed by atoms with E-state index in [0.29, 0.717) is 5.69 Å². The van der Waals surface area contributed by atoms with E-state index in [2.05, 4.69) is 17.2 Å². The number of aliphatic hydroxyl groups excluding tert-OH is 1. The van der Waals surface area contributed by atoms with Crippen molar-refractivity contribution in [3.05, 3.63) is 52.0 Å². The zero-order valence-electron chi connectivity index (χ0n) is 10.7. The Hall–Kier alpha value is -1.72. The van der Waals surface area contributed by atoms with Crippen molar-refractivity contribution in [2.75, 3.05) is 6.61 Å². The van der Waals surface area contributed by atoms with E-state index >= 15 is 0 Å². The first-order chi connectivity index (χ1) is 9.24. The molecule has 1 amide bonds. The van der Waals surface area contributed by atoms with Gasteiger partial charge in [0.2, 0.25) is 0 Å². The monoisotopic (exact) mass is 276 g/mol. The Labute approximate surface area is 116 Å². The van der Waals surface area contributed by atoms with E-state index in [-0.39, 0.29) is 12.5 Å². The van der Waals surface area contributed by atoms with Gasteiger partial charge in [-0.1, -0.05) is 31.2 Å². The van der Waals surface area contributed by atoms with E-state index < -0.39 is 6.04 Å². The first-order valence-corrected chi connectivity index (χ1v) is 7.07. The molecule has 0 fully saturated rings. The van der Waals surface area contributed by atoms with Crippen LogP contribution < -0.4 is 5.32 Å². The lowest BCUT2D eigenvalue weighted by Crippen LogP contribution is -2.30. The summed E-state index contributed by atoms with van der Waals surface area (Å²) >= 11 is 1.37. The highest BCUT2D eigenvalue weighted by atomic mass is 32.1. The van der Waals surface area contributed by atoms with Crippen molar-refractivity contribution in [3.63, 3.8) is 0 Å². The molecule has 0 aliphatic rings. The quantitative estimate of drug-likeness (QED) is 0.879. The van der Waals surface area contributed by atoms with Crippen LogP contribution in [0.2, 0.25) is 0 Å². The maximum Gasteiger partial charge on any atom is 0.271 e. The molecular weight excluding hydrogens is 260 g/mol. The number of benzene rings is 1. The normalized spacial score (nSPS) is 12.1. The molecule has 100 valence electrons. The molecule has 1 heterocycles. The highest BCUT2D eigenvalue weighted by Gasteiger charge is 2.15. The molecule has 0 aliphatic heterocycles. The third-order valence-electron chi connectivity index (χ3n) is 2.94. The van der Waals surface area contributed by atoms with Crippen LogP contribution in [-0.2, 0) is 6.42 Å². The smallest absolute Gasteiger partial charge is 0.271 e. The fraction of sp³-hybridized carbons (Fsp3) is 0.286. The number of aromatic nitrogens is 1. The van der Waals surface area contributed by atoms with Gasteiger partial charge in [-0.2, -0.15) is 0 Å². The lowest BCUT2D eigenvalue weighted by Gasteiger charge is -2.16. The molecule has 0 saturated heterocycles. The second-order valence-corrected chi connectivity index (χ2v) is 4.90. The predicted octanol–water partition coefficient (Wildman–Crippen LogP) is 2.17. The van der Waals surface area contributed by atoms with Crippen molar-refractivity contribution >= 4 is 17.2 Å². The molecule has 2 aromatic rings. The second-order valence-electron chi connectivity index (χ2n) is 4.18. The lowest BCUT2D eigenvalue weighted by molar-refractivity contribution is 0.0912. The number of carbonyl (C=O) groups excluding carboxylic acids is 1. The average molecular weight is 276 g/mol. The molecule has 1 unspecified atom stereocenters. The summed E-state index contributed by atoms with van der Waals surface area (Å²) in [5.41, 5.74) is 4.11.